The number of nitrogens with one attached hydrogen (secondary N) is 1. The maximum absolute atomic E-state index is 12.5. The molecule has 0 saturated heterocycles. The predicted octanol–water partition coefficient (Wildman–Crippen LogP) is 3.56. The first kappa shape index (κ1) is 22.1. The third-order valence-electron chi connectivity index (χ3n) is 4.48. The molecule has 0 aliphatic carbocycles. The van der Waals surface area contributed by atoms with E-state index in [1.165, 1.54) is 44.0 Å². The summed E-state index contributed by atoms with van der Waals surface area (Å²) in [6.07, 6.45) is 1.02. The number of nitrogens with zero attached hydrogens (tertiary/aromatic N) is 1. The molecule has 152 valence electrons. The van der Waals surface area contributed by atoms with E-state index < -0.39 is 10.0 Å². The van der Waals surface area contributed by atoms with E-state index in [4.69, 9.17) is 4.84 Å². The number of rotatable bonds is 8. The molecule has 2 rings (SSSR count). The van der Waals surface area contributed by atoms with Crippen molar-refractivity contribution in [1.29, 1.82) is 0 Å². The molecule has 0 unspecified atom stereocenters. The molecule has 1 atom stereocenters. The van der Waals surface area contributed by atoms with Crippen molar-refractivity contribution in [3.63, 3.8) is 0 Å². The molecule has 1 amide bonds. The van der Waals surface area contributed by atoms with Gasteiger partial charge in [-0.3, -0.25) is 9.63 Å². The van der Waals surface area contributed by atoms with E-state index in [1.807, 2.05) is 19.1 Å². The van der Waals surface area contributed by atoms with Crippen molar-refractivity contribution in [3.05, 3.63) is 65.2 Å². The molecule has 7 heteroatoms. The van der Waals surface area contributed by atoms with E-state index in [2.05, 4.69) is 31.3 Å². The van der Waals surface area contributed by atoms with Crippen LogP contribution in [0.15, 0.2) is 53.4 Å². The Hall–Kier alpha value is -2.22. The summed E-state index contributed by atoms with van der Waals surface area (Å²) in [5, 5.41) is 2.94. The molecule has 0 saturated carbocycles. The molecule has 0 fully saturated rings. The van der Waals surface area contributed by atoms with Crippen LogP contribution >= 0.6 is 0 Å². The van der Waals surface area contributed by atoms with Crippen LogP contribution in [0.25, 0.3) is 0 Å². The lowest BCUT2D eigenvalue weighted by Crippen LogP contribution is -2.27. The molecule has 0 bridgehead atoms. The van der Waals surface area contributed by atoms with Crippen LogP contribution in [0, 0.1) is 5.92 Å². The molecule has 0 aliphatic rings. The highest BCUT2D eigenvalue weighted by Crippen LogP contribution is 2.18. The highest BCUT2D eigenvalue weighted by atomic mass is 32.2. The summed E-state index contributed by atoms with van der Waals surface area (Å²) in [7, 11) is -1.15. The minimum absolute atomic E-state index is 0.0576. The van der Waals surface area contributed by atoms with Gasteiger partial charge in [-0.2, -0.15) is 0 Å². The van der Waals surface area contributed by atoms with Gasteiger partial charge in [-0.25, -0.2) is 8.42 Å². The third kappa shape index (κ3) is 5.41. The topological polar surface area (TPSA) is 75.7 Å². The number of hydrogen-bond acceptors (Lipinski definition) is 4. The minimum Gasteiger partial charge on any atom is -0.346 e. The van der Waals surface area contributed by atoms with Gasteiger partial charge >= 0.3 is 0 Å². The summed E-state index contributed by atoms with van der Waals surface area (Å²) in [5.74, 6) is 0.334. The van der Waals surface area contributed by atoms with Gasteiger partial charge in [0.05, 0.1) is 18.0 Å². The average molecular weight is 405 g/mol. The van der Waals surface area contributed by atoms with Crippen molar-refractivity contribution in [2.75, 3.05) is 14.2 Å². The molecular weight excluding hydrogens is 376 g/mol. The van der Waals surface area contributed by atoms with Crippen molar-refractivity contribution >= 4 is 15.9 Å². The Morgan fingerprint density at radius 1 is 1.04 bits per heavy atom. The molecule has 1 N–H and O–H groups in total. The number of sulfonamides is 1. The monoisotopic (exact) mass is 404 g/mol. The second-order valence-electron chi connectivity index (χ2n) is 7.16. The summed E-state index contributed by atoms with van der Waals surface area (Å²) in [4.78, 5) is 17.3. The highest BCUT2D eigenvalue weighted by molar-refractivity contribution is 7.89. The number of carbonyl (C=O) groups excluding carboxylic acids is 1. The standard InChI is InChI=1S/C21H28N2O4S/c1-15(2)14-17-6-8-18(9-7-17)16(3)22-21(24)19-10-12-20(13-11-19)28(25,26)23(4)27-5/h6-13,15-16H,14H2,1-5H3,(H,22,24)/t16-/m0/s1. The minimum atomic E-state index is -3.73. The number of benzene rings is 2. The lowest BCUT2D eigenvalue weighted by molar-refractivity contribution is -0.0258. The Kier molecular flexibility index (Phi) is 7.35. The van der Waals surface area contributed by atoms with Crippen LogP contribution < -0.4 is 5.32 Å². The second-order valence-corrected chi connectivity index (χ2v) is 9.09. The Morgan fingerprint density at radius 3 is 2.11 bits per heavy atom. The fraction of sp³-hybridized carbons (Fsp3) is 0.381. The van der Waals surface area contributed by atoms with Gasteiger partial charge in [0.1, 0.15) is 0 Å². The SMILES string of the molecule is CON(C)S(=O)(=O)c1ccc(C(=O)N[C@@H](C)c2ccc(CC(C)C)cc2)cc1. The van der Waals surface area contributed by atoms with Crippen molar-refractivity contribution < 1.29 is 18.0 Å². The molecule has 28 heavy (non-hydrogen) atoms. The van der Waals surface area contributed by atoms with Crippen LogP contribution in [0.5, 0.6) is 0 Å². The Balaban J connectivity index is 2.06. The number of hydroxylamine groups is 1. The van der Waals surface area contributed by atoms with E-state index in [-0.39, 0.29) is 16.8 Å². The van der Waals surface area contributed by atoms with Crippen molar-refractivity contribution in [1.82, 2.24) is 9.79 Å². The maximum Gasteiger partial charge on any atom is 0.264 e. The van der Waals surface area contributed by atoms with E-state index in [9.17, 15) is 13.2 Å². The molecule has 0 heterocycles. The largest absolute Gasteiger partial charge is 0.346 e. The summed E-state index contributed by atoms with van der Waals surface area (Å²) in [6.45, 7) is 6.28. The van der Waals surface area contributed by atoms with Crippen LogP contribution in [-0.2, 0) is 21.3 Å². The Labute approximate surface area is 167 Å². The van der Waals surface area contributed by atoms with Gasteiger partial charge in [0, 0.05) is 12.6 Å². The Bertz CT molecular complexity index is 891. The van der Waals surface area contributed by atoms with Crippen molar-refractivity contribution in [3.8, 4) is 0 Å². The first-order valence-corrected chi connectivity index (χ1v) is 10.6. The first-order valence-electron chi connectivity index (χ1n) is 9.18. The smallest absolute Gasteiger partial charge is 0.264 e. The number of carbonyl (C=O) groups is 1. The molecule has 2 aromatic carbocycles. The fourth-order valence-corrected chi connectivity index (χ4v) is 3.78. The molecule has 0 spiro atoms. The van der Waals surface area contributed by atoms with Gasteiger partial charge in [0.25, 0.3) is 15.9 Å². The zero-order valence-electron chi connectivity index (χ0n) is 17.0. The van der Waals surface area contributed by atoms with Crippen LogP contribution in [0.1, 0.15) is 48.3 Å². The third-order valence-corrected chi connectivity index (χ3v) is 6.18. The summed E-state index contributed by atoms with van der Waals surface area (Å²) in [5.41, 5.74) is 2.68. The summed E-state index contributed by atoms with van der Waals surface area (Å²) >= 11 is 0. The van der Waals surface area contributed by atoms with E-state index in [1.54, 1.807) is 0 Å². The van der Waals surface area contributed by atoms with Crippen LogP contribution in [0.2, 0.25) is 0 Å². The fourth-order valence-electron chi connectivity index (χ4n) is 2.80. The molecule has 2 aromatic rings. The zero-order chi connectivity index (χ0) is 20.9. The van der Waals surface area contributed by atoms with E-state index in [0.717, 1.165) is 16.5 Å². The van der Waals surface area contributed by atoms with Gasteiger partial charge in [-0.05, 0) is 54.7 Å². The molecule has 0 radical (unpaired) electrons. The highest BCUT2D eigenvalue weighted by Gasteiger charge is 2.21. The molecule has 0 aromatic heterocycles. The lowest BCUT2D eigenvalue weighted by Gasteiger charge is -2.16. The van der Waals surface area contributed by atoms with Gasteiger partial charge in [0.15, 0.2) is 0 Å². The van der Waals surface area contributed by atoms with Crippen molar-refractivity contribution in [2.24, 2.45) is 5.92 Å². The van der Waals surface area contributed by atoms with E-state index >= 15 is 0 Å². The van der Waals surface area contributed by atoms with Crippen LogP contribution in [0.4, 0.5) is 0 Å². The van der Waals surface area contributed by atoms with Crippen molar-refractivity contribution in [2.45, 2.75) is 38.1 Å². The molecule has 0 aliphatic heterocycles. The van der Waals surface area contributed by atoms with Gasteiger partial charge in [-0.1, -0.05) is 42.6 Å². The van der Waals surface area contributed by atoms with Gasteiger partial charge < -0.3 is 5.32 Å². The number of hydrogen-bond donors (Lipinski definition) is 1. The van der Waals surface area contributed by atoms with Crippen LogP contribution in [0.3, 0.4) is 0 Å². The predicted molar refractivity (Wildman–Crippen MR) is 109 cm³/mol. The Morgan fingerprint density at radius 2 is 1.61 bits per heavy atom. The quantitative estimate of drug-likeness (QED) is 0.683. The van der Waals surface area contributed by atoms with E-state index in [0.29, 0.717) is 11.5 Å². The molecule has 6 nitrogen and oxygen atoms in total. The van der Waals surface area contributed by atoms with Gasteiger partial charge in [-0.15, -0.1) is 0 Å². The normalized spacial score (nSPS) is 13.0. The first-order chi connectivity index (χ1) is 13.1. The molecular formula is C21H28N2O4S. The second kappa shape index (κ2) is 9.32. The zero-order valence-corrected chi connectivity index (χ0v) is 17.8. The van der Waals surface area contributed by atoms with Gasteiger partial charge in [0.2, 0.25) is 0 Å². The lowest BCUT2D eigenvalue weighted by atomic mass is 10.00. The summed E-state index contributed by atoms with van der Waals surface area (Å²) in [6, 6.07) is 13.8. The maximum atomic E-state index is 12.5. The van der Waals surface area contributed by atoms with Crippen LogP contribution in [-0.4, -0.2) is 33.0 Å². The number of amides is 1. The summed E-state index contributed by atoms with van der Waals surface area (Å²) < 4.78 is 25.2. The average Bonchev–Trinajstić information content (AvgIpc) is 2.67.